The van der Waals surface area contributed by atoms with Gasteiger partial charge in [0.05, 0.1) is 11.2 Å². The second kappa shape index (κ2) is 3.14. The van der Waals surface area contributed by atoms with Crippen molar-refractivity contribution in [3.05, 3.63) is 32.5 Å². The average Bonchev–Trinajstić information content (AvgIpc) is 2.64. The zero-order valence-electron chi connectivity index (χ0n) is 6.90. The molecule has 1 N–H and O–H groups in total. The van der Waals surface area contributed by atoms with Crippen LogP contribution in [0.25, 0.3) is 0 Å². The Morgan fingerprint density at radius 3 is 3.08 bits per heavy atom. The molecule has 2 heterocycles. The van der Waals surface area contributed by atoms with Crippen LogP contribution in [0.2, 0.25) is 0 Å². The summed E-state index contributed by atoms with van der Waals surface area (Å²) >= 11 is 1.54. The van der Waals surface area contributed by atoms with Crippen molar-refractivity contribution >= 4 is 11.3 Å². The summed E-state index contributed by atoms with van der Waals surface area (Å²) in [7, 11) is 0. The maximum Gasteiger partial charge on any atom is 0.438 e. The zero-order chi connectivity index (χ0) is 9.26. The van der Waals surface area contributed by atoms with Gasteiger partial charge in [-0.05, 0) is 6.92 Å². The van der Waals surface area contributed by atoms with Gasteiger partial charge in [0.25, 0.3) is 0 Å². The summed E-state index contributed by atoms with van der Waals surface area (Å²) in [6, 6.07) is 0. The van der Waals surface area contributed by atoms with Crippen LogP contribution in [0.3, 0.4) is 0 Å². The summed E-state index contributed by atoms with van der Waals surface area (Å²) in [5.74, 6) is 0.0227. The third-order valence-electron chi connectivity index (χ3n) is 1.66. The van der Waals surface area contributed by atoms with Crippen molar-refractivity contribution in [2.75, 3.05) is 0 Å². The van der Waals surface area contributed by atoms with Crippen LogP contribution in [0.15, 0.2) is 14.8 Å². The van der Waals surface area contributed by atoms with Gasteiger partial charge in [-0.25, -0.2) is 9.78 Å². The Labute approximate surface area is 77.4 Å². The molecule has 0 aliphatic carbocycles. The Balaban J connectivity index is 2.24. The Hall–Kier alpha value is -1.43. The largest absolute Gasteiger partial charge is 0.438 e. The molecule has 0 atom stereocenters. The number of aromatic nitrogens is 3. The number of rotatable bonds is 2. The fourth-order valence-corrected chi connectivity index (χ4v) is 1.77. The molecule has 0 aromatic carbocycles. The van der Waals surface area contributed by atoms with Crippen LogP contribution in [0.4, 0.5) is 0 Å². The highest BCUT2D eigenvalue weighted by molar-refractivity contribution is 7.09. The minimum absolute atomic E-state index is 0.517. The fourth-order valence-electron chi connectivity index (χ4n) is 0.984. The number of hydrogen-bond donors (Lipinski definition) is 1. The van der Waals surface area contributed by atoms with Gasteiger partial charge < -0.3 is 0 Å². The van der Waals surface area contributed by atoms with Gasteiger partial charge in [0.1, 0.15) is 0 Å². The molecule has 6 heteroatoms. The van der Waals surface area contributed by atoms with Crippen molar-refractivity contribution < 1.29 is 4.52 Å². The predicted octanol–water partition coefficient (Wildman–Crippen LogP) is 0.719. The molecule has 0 spiro atoms. The second-order valence-electron chi connectivity index (χ2n) is 2.58. The third kappa shape index (κ3) is 1.67. The lowest BCUT2D eigenvalue weighted by atomic mass is 10.3. The summed E-state index contributed by atoms with van der Waals surface area (Å²) in [6.45, 7) is 1.92. The molecule has 2 rings (SSSR count). The lowest BCUT2D eigenvalue weighted by Gasteiger charge is -1.91. The van der Waals surface area contributed by atoms with Crippen molar-refractivity contribution in [2.24, 2.45) is 0 Å². The maximum atomic E-state index is 10.6. The van der Waals surface area contributed by atoms with Gasteiger partial charge in [0, 0.05) is 11.3 Å². The molecule has 0 fully saturated rings. The average molecular weight is 197 g/mol. The number of H-pyrrole nitrogens is 1. The van der Waals surface area contributed by atoms with E-state index in [9.17, 15) is 4.79 Å². The van der Waals surface area contributed by atoms with E-state index in [2.05, 4.69) is 19.6 Å². The second-order valence-corrected chi connectivity index (χ2v) is 3.52. The number of thiazole rings is 1. The Bertz CT molecular complexity index is 456. The molecule has 68 valence electrons. The molecule has 0 aliphatic rings. The first-order valence-corrected chi connectivity index (χ1v) is 4.57. The fraction of sp³-hybridized carbons (Fsp3) is 0.286. The van der Waals surface area contributed by atoms with Crippen LogP contribution in [0.5, 0.6) is 0 Å². The molecule has 5 nitrogen and oxygen atoms in total. The topological polar surface area (TPSA) is 71.8 Å². The first-order valence-electron chi connectivity index (χ1n) is 3.69. The Morgan fingerprint density at radius 1 is 1.69 bits per heavy atom. The monoisotopic (exact) mass is 197 g/mol. The first kappa shape index (κ1) is 8.18. The number of nitrogens with zero attached hydrogens (tertiary/aromatic N) is 2. The zero-order valence-corrected chi connectivity index (χ0v) is 7.72. The van der Waals surface area contributed by atoms with E-state index >= 15 is 0 Å². The number of hydrogen-bond acceptors (Lipinski definition) is 5. The van der Waals surface area contributed by atoms with Gasteiger partial charge in [-0.2, -0.15) is 0 Å². The highest BCUT2D eigenvalue weighted by Crippen LogP contribution is 2.14. The van der Waals surface area contributed by atoms with Crippen LogP contribution in [-0.2, 0) is 6.42 Å². The molecule has 0 bridgehead atoms. The molecule has 0 unspecified atom stereocenters. The summed E-state index contributed by atoms with van der Waals surface area (Å²) in [6.07, 6.45) is 0.572. The van der Waals surface area contributed by atoms with Gasteiger partial charge in [0.2, 0.25) is 0 Å². The van der Waals surface area contributed by atoms with Crippen molar-refractivity contribution in [1.29, 1.82) is 0 Å². The van der Waals surface area contributed by atoms with Crippen LogP contribution >= 0.6 is 11.3 Å². The summed E-state index contributed by atoms with van der Waals surface area (Å²) < 4.78 is 4.38. The van der Waals surface area contributed by atoms with Crippen LogP contribution in [0.1, 0.15) is 16.4 Å². The lowest BCUT2D eigenvalue weighted by Crippen LogP contribution is -1.97. The number of nitrogens with one attached hydrogen (secondary N) is 1. The van der Waals surface area contributed by atoms with E-state index in [1.54, 1.807) is 5.51 Å². The normalized spacial score (nSPS) is 10.5. The van der Waals surface area contributed by atoms with Crippen LogP contribution in [-0.4, -0.2) is 15.1 Å². The molecular weight excluding hydrogens is 190 g/mol. The summed E-state index contributed by atoms with van der Waals surface area (Å²) in [5, 5.41) is 3.57. The quantitative estimate of drug-likeness (QED) is 0.769. The minimum Gasteiger partial charge on any atom is -0.296 e. The molecule has 2 aromatic heterocycles. The smallest absolute Gasteiger partial charge is 0.296 e. The van der Waals surface area contributed by atoms with Crippen molar-refractivity contribution in [2.45, 2.75) is 13.3 Å². The Kier molecular flexibility index (Phi) is 1.97. The van der Waals surface area contributed by atoms with Gasteiger partial charge in [-0.3, -0.25) is 9.51 Å². The third-order valence-corrected chi connectivity index (χ3v) is 2.59. The molecule has 0 amide bonds. The minimum atomic E-state index is -0.517. The Morgan fingerprint density at radius 2 is 2.54 bits per heavy atom. The van der Waals surface area contributed by atoms with E-state index in [1.807, 2.05) is 6.92 Å². The van der Waals surface area contributed by atoms with E-state index in [0.29, 0.717) is 12.2 Å². The van der Waals surface area contributed by atoms with E-state index < -0.39 is 5.76 Å². The van der Waals surface area contributed by atoms with E-state index in [0.717, 1.165) is 10.6 Å². The highest BCUT2D eigenvalue weighted by Gasteiger charge is 2.06. The molecule has 0 saturated heterocycles. The molecular formula is C7H7N3O2S. The lowest BCUT2D eigenvalue weighted by molar-refractivity contribution is 0.382. The van der Waals surface area contributed by atoms with Crippen molar-refractivity contribution in [3.8, 4) is 0 Å². The van der Waals surface area contributed by atoms with Gasteiger partial charge in [0.15, 0.2) is 5.82 Å². The van der Waals surface area contributed by atoms with Crippen molar-refractivity contribution in [1.82, 2.24) is 15.1 Å². The van der Waals surface area contributed by atoms with Crippen molar-refractivity contribution in [3.63, 3.8) is 0 Å². The number of aryl methyl sites for hydroxylation is 1. The van der Waals surface area contributed by atoms with Gasteiger partial charge in [-0.1, -0.05) is 5.16 Å². The predicted molar refractivity (Wildman–Crippen MR) is 46.8 cm³/mol. The van der Waals surface area contributed by atoms with E-state index in [1.165, 1.54) is 11.3 Å². The van der Waals surface area contributed by atoms with E-state index in [4.69, 9.17) is 0 Å². The summed E-state index contributed by atoms with van der Waals surface area (Å²) in [5.41, 5.74) is 2.73. The van der Waals surface area contributed by atoms with E-state index in [-0.39, 0.29) is 0 Å². The SMILES string of the molecule is Cc1ncsc1Cc1noc(=O)[nH]1. The molecule has 13 heavy (non-hydrogen) atoms. The van der Waals surface area contributed by atoms with Gasteiger partial charge in [-0.15, -0.1) is 11.3 Å². The molecule has 0 saturated carbocycles. The standard InChI is InChI=1S/C7H7N3O2S/c1-4-5(13-3-8-4)2-6-9-7(11)12-10-6/h3H,2H2,1H3,(H,9,10,11). The first-order chi connectivity index (χ1) is 6.25. The maximum absolute atomic E-state index is 10.6. The number of aromatic amines is 1. The van der Waals surface area contributed by atoms with Gasteiger partial charge >= 0.3 is 5.76 Å². The molecule has 0 aliphatic heterocycles. The van der Waals surface area contributed by atoms with Crippen LogP contribution < -0.4 is 5.76 Å². The van der Waals surface area contributed by atoms with Crippen LogP contribution in [0, 0.1) is 6.92 Å². The summed E-state index contributed by atoms with van der Waals surface area (Å²) in [4.78, 5) is 18.3. The molecule has 0 radical (unpaired) electrons. The highest BCUT2D eigenvalue weighted by atomic mass is 32.1. The molecule has 2 aromatic rings.